The molecule has 1 aromatic heterocycles. The van der Waals surface area contributed by atoms with Crippen molar-refractivity contribution in [3.8, 4) is 45.6 Å². The van der Waals surface area contributed by atoms with Gasteiger partial charge in [0.05, 0.1) is 48.0 Å². The molecule has 37 heavy (non-hydrogen) atoms. The lowest BCUT2D eigenvalue weighted by atomic mass is 9.95. The number of hydrogen-bond donors (Lipinski definition) is 0. The molecular weight excluding hydrogens is 478 g/mol. The van der Waals surface area contributed by atoms with Gasteiger partial charge in [-0.3, -0.25) is 9.36 Å². The highest BCUT2D eigenvalue weighted by molar-refractivity contribution is 6.08. The summed E-state index contributed by atoms with van der Waals surface area (Å²) in [6.07, 6.45) is 0. The van der Waals surface area contributed by atoms with Crippen molar-refractivity contribution in [1.29, 1.82) is 0 Å². The summed E-state index contributed by atoms with van der Waals surface area (Å²) in [6, 6.07) is 15.5. The molecule has 0 fully saturated rings. The lowest BCUT2D eigenvalue weighted by Gasteiger charge is -2.21. The van der Waals surface area contributed by atoms with Crippen LogP contribution in [0.4, 0.5) is 0 Å². The number of nitrogens with zero attached hydrogens (tertiary/aromatic N) is 1. The van der Waals surface area contributed by atoms with Gasteiger partial charge in [0.1, 0.15) is 5.69 Å². The molecule has 0 amide bonds. The van der Waals surface area contributed by atoms with E-state index in [-0.39, 0.29) is 5.69 Å². The smallest absolute Gasteiger partial charge is 0.355 e. The van der Waals surface area contributed by atoms with Crippen molar-refractivity contribution in [3.63, 3.8) is 0 Å². The number of hydrogen-bond acceptors (Lipinski definition) is 8. The number of benzene rings is 3. The van der Waals surface area contributed by atoms with Gasteiger partial charge in [0, 0.05) is 16.6 Å². The third-order valence-corrected chi connectivity index (χ3v) is 6.03. The van der Waals surface area contributed by atoms with Crippen molar-refractivity contribution >= 4 is 16.7 Å². The molecule has 4 rings (SSSR count). The summed E-state index contributed by atoms with van der Waals surface area (Å²) in [5, 5.41) is 0.752. The third kappa shape index (κ3) is 4.29. The molecule has 9 heteroatoms. The molecule has 0 saturated heterocycles. The van der Waals surface area contributed by atoms with Gasteiger partial charge in [-0.05, 0) is 42.0 Å². The van der Waals surface area contributed by atoms with Gasteiger partial charge in [-0.2, -0.15) is 0 Å². The highest BCUT2D eigenvalue weighted by atomic mass is 16.5. The maximum absolute atomic E-state index is 14.0. The average molecular weight is 506 g/mol. The second-order valence-electron chi connectivity index (χ2n) is 7.86. The Kier molecular flexibility index (Phi) is 7.24. The van der Waals surface area contributed by atoms with Crippen LogP contribution >= 0.6 is 0 Å². The number of fused-ring (bicyclic) bond motifs is 1. The number of methoxy groups -OCH3 is 6. The first-order chi connectivity index (χ1) is 17.9. The number of ether oxygens (including phenoxy) is 6. The van der Waals surface area contributed by atoms with E-state index in [0.29, 0.717) is 56.3 Å². The van der Waals surface area contributed by atoms with Crippen LogP contribution in [-0.4, -0.2) is 53.2 Å². The van der Waals surface area contributed by atoms with E-state index >= 15 is 0 Å². The van der Waals surface area contributed by atoms with E-state index in [0.717, 1.165) is 0 Å². The summed E-state index contributed by atoms with van der Waals surface area (Å²) >= 11 is 0. The fraction of sp³-hybridized carbons (Fsp3) is 0.214. The number of carbonyl (C=O) groups is 1. The second-order valence-corrected chi connectivity index (χ2v) is 7.86. The molecule has 0 atom stereocenters. The SMILES string of the molecule is COC(=O)c1c(-c2cc(OC)c(OC)c(OC)c2)c2cc(OC)c(OC)cc2c(=O)n1-c1ccccc1. The zero-order valence-corrected chi connectivity index (χ0v) is 21.4. The molecule has 0 aliphatic carbocycles. The van der Waals surface area contributed by atoms with Crippen molar-refractivity contribution < 1.29 is 33.2 Å². The zero-order valence-electron chi connectivity index (χ0n) is 21.4. The second kappa shape index (κ2) is 10.5. The molecule has 1 heterocycles. The maximum atomic E-state index is 14.0. The summed E-state index contributed by atoms with van der Waals surface area (Å²) in [7, 11) is 8.75. The fourth-order valence-corrected chi connectivity index (χ4v) is 4.36. The third-order valence-electron chi connectivity index (χ3n) is 6.03. The van der Waals surface area contributed by atoms with Crippen molar-refractivity contribution in [1.82, 2.24) is 4.57 Å². The van der Waals surface area contributed by atoms with Crippen LogP contribution < -0.4 is 29.2 Å². The molecule has 192 valence electrons. The van der Waals surface area contributed by atoms with E-state index in [2.05, 4.69) is 0 Å². The number of rotatable bonds is 8. The van der Waals surface area contributed by atoms with Crippen molar-refractivity contribution in [2.45, 2.75) is 0 Å². The zero-order chi connectivity index (χ0) is 26.7. The molecule has 0 radical (unpaired) electrons. The molecule has 0 N–H and O–H groups in total. The van der Waals surface area contributed by atoms with E-state index in [4.69, 9.17) is 28.4 Å². The molecule has 0 unspecified atom stereocenters. The highest BCUT2D eigenvalue weighted by Crippen LogP contribution is 2.45. The van der Waals surface area contributed by atoms with Crippen LogP contribution in [0.3, 0.4) is 0 Å². The van der Waals surface area contributed by atoms with Crippen LogP contribution in [0.25, 0.3) is 27.6 Å². The van der Waals surface area contributed by atoms with E-state index in [1.807, 2.05) is 6.07 Å². The maximum Gasteiger partial charge on any atom is 0.355 e. The van der Waals surface area contributed by atoms with Gasteiger partial charge in [-0.1, -0.05) is 18.2 Å². The molecule has 4 aromatic rings. The Morgan fingerprint density at radius 2 is 1.22 bits per heavy atom. The average Bonchev–Trinajstić information content (AvgIpc) is 2.95. The summed E-state index contributed by atoms with van der Waals surface area (Å²) in [5.41, 5.74) is 1.01. The minimum Gasteiger partial charge on any atom is -0.493 e. The predicted octanol–water partition coefficient (Wildman–Crippen LogP) is 4.49. The standard InChI is InChI=1S/C28H27NO8/c1-32-20-14-18-19(15-21(20)33-2)27(30)29(17-10-8-7-9-11-17)25(28(31)37-6)24(18)16-12-22(34-3)26(36-5)23(13-16)35-4/h7-15H,1-6H3. The van der Waals surface area contributed by atoms with Gasteiger partial charge >= 0.3 is 5.97 Å². The molecule has 0 spiro atoms. The Labute approximate surface area is 213 Å². The lowest BCUT2D eigenvalue weighted by Crippen LogP contribution is -2.27. The fourth-order valence-electron chi connectivity index (χ4n) is 4.36. The van der Waals surface area contributed by atoms with Crippen LogP contribution in [-0.2, 0) is 4.74 Å². The Morgan fingerprint density at radius 1 is 0.676 bits per heavy atom. The Morgan fingerprint density at radius 3 is 1.70 bits per heavy atom. The first-order valence-corrected chi connectivity index (χ1v) is 11.2. The highest BCUT2D eigenvalue weighted by Gasteiger charge is 2.28. The van der Waals surface area contributed by atoms with Crippen LogP contribution in [0.5, 0.6) is 28.7 Å². The normalized spacial score (nSPS) is 10.6. The van der Waals surface area contributed by atoms with Crippen molar-refractivity contribution in [2.24, 2.45) is 0 Å². The van der Waals surface area contributed by atoms with E-state index < -0.39 is 11.5 Å². The molecule has 0 bridgehead atoms. The quantitative estimate of drug-likeness (QED) is 0.324. The lowest BCUT2D eigenvalue weighted by molar-refractivity contribution is 0.0591. The molecular formula is C28H27NO8. The Bertz CT molecular complexity index is 1500. The van der Waals surface area contributed by atoms with Gasteiger partial charge in [0.15, 0.2) is 23.0 Å². The number of pyridine rings is 1. The summed E-state index contributed by atoms with van der Waals surface area (Å²) < 4.78 is 34.1. The predicted molar refractivity (Wildman–Crippen MR) is 139 cm³/mol. The Hall–Kier alpha value is -4.66. The number of esters is 1. The molecule has 0 aliphatic heterocycles. The first-order valence-electron chi connectivity index (χ1n) is 11.2. The van der Waals surface area contributed by atoms with E-state index in [9.17, 15) is 9.59 Å². The van der Waals surface area contributed by atoms with E-state index in [1.165, 1.54) is 47.2 Å². The topological polar surface area (TPSA) is 94.5 Å². The molecule has 9 nitrogen and oxygen atoms in total. The van der Waals surface area contributed by atoms with Crippen molar-refractivity contribution in [2.75, 3.05) is 42.7 Å². The van der Waals surface area contributed by atoms with Crippen LogP contribution in [0.2, 0.25) is 0 Å². The minimum absolute atomic E-state index is 0.0210. The van der Waals surface area contributed by atoms with Gasteiger partial charge < -0.3 is 28.4 Å². The monoisotopic (exact) mass is 505 g/mol. The molecule has 3 aromatic carbocycles. The van der Waals surface area contributed by atoms with Crippen LogP contribution in [0.1, 0.15) is 10.5 Å². The van der Waals surface area contributed by atoms with Crippen LogP contribution in [0.15, 0.2) is 59.4 Å². The number of para-hydroxylation sites is 1. The number of carbonyl (C=O) groups excluding carboxylic acids is 1. The summed E-state index contributed by atoms with van der Waals surface area (Å²) in [6.45, 7) is 0. The van der Waals surface area contributed by atoms with E-state index in [1.54, 1.807) is 48.5 Å². The van der Waals surface area contributed by atoms with Gasteiger partial charge in [0.2, 0.25) is 5.75 Å². The van der Waals surface area contributed by atoms with Gasteiger partial charge in [0.25, 0.3) is 5.56 Å². The summed E-state index contributed by atoms with van der Waals surface area (Å²) in [5.74, 6) is 1.18. The largest absolute Gasteiger partial charge is 0.493 e. The van der Waals surface area contributed by atoms with Gasteiger partial charge in [-0.25, -0.2) is 4.79 Å². The van der Waals surface area contributed by atoms with Crippen LogP contribution in [0, 0.1) is 0 Å². The minimum atomic E-state index is -0.707. The molecule has 0 saturated carbocycles. The first kappa shape index (κ1) is 25.4. The molecule has 0 aliphatic rings. The van der Waals surface area contributed by atoms with Crippen molar-refractivity contribution in [3.05, 3.63) is 70.6 Å². The Balaban J connectivity index is 2.30. The number of aromatic nitrogens is 1. The van der Waals surface area contributed by atoms with Gasteiger partial charge in [-0.15, -0.1) is 0 Å². The summed E-state index contributed by atoms with van der Waals surface area (Å²) in [4.78, 5) is 27.3.